The van der Waals surface area contributed by atoms with Crippen LogP contribution in [0.5, 0.6) is 0 Å². The molecule has 0 aromatic heterocycles. The van der Waals surface area contributed by atoms with Gasteiger partial charge in [0, 0.05) is 13.0 Å². The second-order valence-electron chi connectivity index (χ2n) is 3.14. The molecule has 1 fully saturated rings. The lowest BCUT2D eigenvalue weighted by Gasteiger charge is -2.22. The second-order valence-corrected chi connectivity index (χ2v) is 4.64. The summed E-state index contributed by atoms with van der Waals surface area (Å²) in [7, 11) is 0. The van der Waals surface area contributed by atoms with Gasteiger partial charge in [0.2, 0.25) is 11.8 Å². The van der Waals surface area contributed by atoms with Crippen molar-refractivity contribution in [3.05, 3.63) is 0 Å². The monoisotopic (exact) mass is 310 g/mol. The zero-order valence-corrected chi connectivity index (χ0v) is 9.85. The van der Waals surface area contributed by atoms with Crippen LogP contribution >= 0.6 is 22.6 Å². The molecule has 2 atom stereocenters. The number of alkyl halides is 1. The second kappa shape index (κ2) is 4.35. The summed E-state index contributed by atoms with van der Waals surface area (Å²) in [5.41, 5.74) is 5.35. The molecule has 2 amide bonds. The van der Waals surface area contributed by atoms with E-state index in [1.54, 1.807) is 0 Å². The number of rotatable bonds is 3. The highest BCUT2D eigenvalue weighted by molar-refractivity contribution is 14.1. The summed E-state index contributed by atoms with van der Waals surface area (Å²) in [6.07, 6.45) is 0.170. The number of carbonyl (C=O) groups is 3. The van der Waals surface area contributed by atoms with Crippen LogP contribution in [0.4, 0.5) is 0 Å². The Morgan fingerprint density at radius 2 is 2.29 bits per heavy atom. The molecule has 1 aliphatic rings. The first kappa shape index (κ1) is 11.6. The zero-order chi connectivity index (χ0) is 10.9. The summed E-state index contributed by atoms with van der Waals surface area (Å²) in [5, 5.41) is 0. The maximum Gasteiger partial charge on any atom is 0.243 e. The summed E-state index contributed by atoms with van der Waals surface area (Å²) >= 11 is 1.90. The van der Waals surface area contributed by atoms with Gasteiger partial charge in [-0.3, -0.25) is 19.3 Å². The first-order valence-electron chi connectivity index (χ1n) is 4.19. The third-order valence-corrected chi connectivity index (χ3v) is 3.11. The van der Waals surface area contributed by atoms with E-state index >= 15 is 0 Å². The minimum absolute atomic E-state index is 0.00380. The van der Waals surface area contributed by atoms with E-state index in [-0.39, 0.29) is 34.5 Å². The van der Waals surface area contributed by atoms with Crippen LogP contribution in [0.25, 0.3) is 0 Å². The fourth-order valence-electron chi connectivity index (χ4n) is 1.39. The zero-order valence-electron chi connectivity index (χ0n) is 7.70. The first-order valence-corrected chi connectivity index (χ1v) is 5.44. The molecule has 2 N–H and O–H groups in total. The van der Waals surface area contributed by atoms with E-state index < -0.39 is 6.04 Å². The maximum atomic E-state index is 11.5. The van der Waals surface area contributed by atoms with Crippen LogP contribution in [0.15, 0.2) is 0 Å². The van der Waals surface area contributed by atoms with Crippen molar-refractivity contribution < 1.29 is 14.4 Å². The number of hydrogen-bond donors (Lipinski definition) is 1. The van der Waals surface area contributed by atoms with E-state index in [0.29, 0.717) is 0 Å². The van der Waals surface area contributed by atoms with Gasteiger partial charge < -0.3 is 5.73 Å². The van der Waals surface area contributed by atoms with Gasteiger partial charge in [-0.2, -0.15) is 0 Å². The predicted octanol–water partition coefficient (Wildman–Crippen LogP) is -0.535. The number of hydrogen-bond acceptors (Lipinski definition) is 4. The summed E-state index contributed by atoms with van der Waals surface area (Å²) < 4.78 is -0.353. The molecule has 0 aromatic carbocycles. The molecular weight excluding hydrogens is 299 g/mol. The van der Waals surface area contributed by atoms with Crippen molar-refractivity contribution in [1.82, 2.24) is 4.90 Å². The average molecular weight is 310 g/mol. The standard InChI is InChI=1S/C8H11IN2O3/c1-4(12)6(3-10)11-7(13)2-5(9)8(11)14/h5-6H,2-3,10H2,1H3. The quantitative estimate of drug-likeness (QED) is 0.431. The van der Waals surface area contributed by atoms with Crippen LogP contribution < -0.4 is 5.73 Å². The van der Waals surface area contributed by atoms with Crippen molar-refractivity contribution in [2.24, 2.45) is 5.73 Å². The van der Waals surface area contributed by atoms with Gasteiger partial charge in [0.05, 0.1) is 3.92 Å². The van der Waals surface area contributed by atoms with Crippen LogP contribution in [0.2, 0.25) is 0 Å². The Morgan fingerprint density at radius 1 is 1.71 bits per heavy atom. The Balaban J connectivity index is 2.90. The maximum absolute atomic E-state index is 11.5. The van der Waals surface area contributed by atoms with Crippen LogP contribution in [0.1, 0.15) is 13.3 Å². The molecule has 1 aliphatic heterocycles. The highest BCUT2D eigenvalue weighted by Crippen LogP contribution is 2.22. The van der Waals surface area contributed by atoms with E-state index in [1.165, 1.54) is 6.92 Å². The molecule has 6 heteroatoms. The Hall–Kier alpha value is -0.500. The first-order chi connectivity index (χ1) is 6.49. The molecule has 0 aromatic rings. The molecule has 1 saturated heterocycles. The van der Waals surface area contributed by atoms with Crippen LogP contribution in [0, 0.1) is 0 Å². The number of halogens is 1. The molecule has 0 aliphatic carbocycles. The van der Waals surface area contributed by atoms with Gasteiger partial charge in [-0.15, -0.1) is 0 Å². The number of Topliss-reactive ketones (excluding diaryl/α,β-unsaturated/α-hetero) is 1. The molecule has 0 radical (unpaired) electrons. The lowest BCUT2D eigenvalue weighted by molar-refractivity contribution is -0.145. The van der Waals surface area contributed by atoms with Crippen LogP contribution in [0.3, 0.4) is 0 Å². The van der Waals surface area contributed by atoms with Gasteiger partial charge >= 0.3 is 0 Å². The normalized spacial score (nSPS) is 24.2. The minimum Gasteiger partial charge on any atom is -0.328 e. The van der Waals surface area contributed by atoms with Crippen molar-refractivity contribution in [3.63, 3.8) is 0 Å². The highest BCUT2D eigenvalue weighted by Gasteiger charge is 2.41. The van der Waals surface area contributed by atoms with Crippen molar-refractivity contribution in [1.29, 1.82) is 0 Å². The Morgan fingerprint density at radius 3 is 2.57 bits per heavy atom. The molecule has 0 spiro atoms. The van der Waals surface area contributed by atoms with E-state index in [9.17, 15) is 14.4 Å². The predicted molar refractivity (Wildman–Crippen MR) is 57.8 cm³/mol. The van der Waals surface area contributed by atoms with Crippen molar-refractivity contribution in [3.8, 4) is 0 Å². The van der Waals surface area contributed by atoms with Crippen molar-refractivity contribution in [2.75, 3.05) is 6.54 Å². The lowest BCUT2D eigenvalue weighted by atomic mass is 10.2. The van der Waals surface area contributed by atoms with E-state index in [2.05, 4.69) is 0 Å². The molecule has 78 valence electrons. The van der Waals surface area contributed by atoms with E-state index in [0.717, 1.165) is 4.90 Å². The number of imide groups is 1. The minimum atomic E-state index is -0.783. The number of nitrogens with zero attached hydrogens (tertiary/aromatic N) is 1. The molecule has 1 heterocycles. The number of amides is 2. The molecule has 5 nitrogen and oxygen atoms in total. The number of ketones is 1. The summed E-state index contributed by atoms with van der Waals surface area (Å²) in [5.74, 6) is -0.860. The third kappa shape index (κ3) is 1.95. The van der Waals surface area contributed by atoms with E-state index in [1.807, 2.05) is 22.6 Å². The fraction of sp³-hybridized carbons (Fsp3) is 0.625. The Kier molecular flexibility index (Phi) is 3.59. The van der Waals surface area contributed by atoms with Crippen molar-refractivity contribution >= 4 is 40.2 Å². The summed E-state index contributed by atoms with van der Waals surface area (Å²) in [6.45, 7) is 1.33. The largest absolute Gasteiger partial charge is 0.328 e. The van der Waals surface area contributed by atoms with Gasteiger partial charge in [0.1, 0.15) is 6.04 Å². The van der Waals surface area contributed by atoms with Gasteiger partial charge in [0.15, 0.2) is 5.78 Å². The molecule has 0 saturated carbocycles. The molecule has 14 heavy (non-hydrogen) atoms. The van der Waals surface area contributed by atoms with Crippen LogP contribution in [-0.4, -0.2) is 39.0 Å². The molecular formula is C8H11IN2O3. The smallest absolute Gasteiger partial charge is 0.243 e. The molecule has 2 unspecified atom stereocenters. The van der Waals surface area contributed by atoms with Gasteiger partial charge in [-0.25, -0.2) is 0 Å². The highest BCUT2D eigenvalue weighted by atomic mass is 127. The van der Waals surface area contributed by atoms with Crippen LogP contribution in [-0.2, 0) is 14.4 Å². The average Bonchev–Trinajstić information content (AvgIpc) is 2.32. The molecule has 0 bridgehead atoms. The topological polar surface area (TPSA) is 80.5 Å². The van der Waals surface area contributed by atoms with Gasteiger partial charge in [-0.1, -0.05) is 22.6 Å². The number of carbonyl (C=O) groups excluding carboxylic acids is 3. The SMILES string of the molecule is CC(=O)C(CN)N1C(=O)CC(I)C1=O. The van der Waals surface area contributed by atoms with Crippen molar-refractivity contribution in [2.45, 2.75) is 23.3 Å². The lowest BCUT2D eigenvalue weighted by Crippen LogP contribution is -2.48. The number of likely N-dealkylation sites (tertiary alicyclic amines) is 1. The summed E-state index contributed by atoms with van der Waals surface area (Å²) in [6, 6.07) is -0.783. The summed E-state index contributed by atoms with van der Waals surface area (Å²) in [4.78, 5) is 35.0. The third-order valence-electron chi connectivity index (χ3n) is 2.13. The fourth-order valence-corrected chi connectivity index (χ4v) is 2.07. The van der Waals surface area contributed by atoms with E-state index in [4.69, 9.17) is 5.73 Å². The molecule has 1 rings (SSSR count). The van der Waals surface area contributed by atoms with Gasteiger partial charge in [-0.05, 0) is 6.92 Å². The Labute approximate surface area is 95.1 Å². The van der Waals surface area contributed by atoms with Gasteiger partial charge in [0.25, 0.3) is 0 Å². The number of nitrogens with two attached hydrogens (primary N) is 1. The Bertz CT molecular complexity index is 292.